The lowest BCUT2D eigenvalue weighted by Gasteiger charge is -2.23. The minimum Gasteiger partial charge on any atom is -0.394 e. The van der Waals surface area contributed by atoms with Crippen LogP contribution < -0.4 is 5.19 Å². The normalized spacial score (nSPS) is 12.5. The van der Waals surface area contributed by atoms with Crippen LogP contribution in [0.3, 0.4) is 0 Å². The fourth-order valence-corrected chi connectivity index (χ4v) is 3.57. The highest BCUT2D eigenvalue weighted by Crippen LogP contribution is 2.32. The van der Waals surface area contributed by atoms with Crippen LogP contribution >= 0.6 is 0 Å². The number of benzene rings is 2. The SMILES string of the molecule is CO[Si](C)(OC)c1ccc(-c2cccc(C(F)(F)F)c2)cc1. The largest absolute Gasteiger partial charge is 0.416 e. The van der Waals surface area contributed by atoms with Gasteiger partial charge in [0, 0.05) is 14.2 Å². The number of rotatable bonds is 4. The highest BCUT2D eigenvalue weighted by atomic mass is 28.4. The summed E-state index contributed by atoms with van der Waals surface area (Å²) in [5.74, 6) is 0. The number of alkyl halides is 3. The van der Waals surface area contributed by atoms with Crippen molar-refractivity contribution < 1.29 is 22.0 Å². The summed E-state index contributed by atoms with van der Waals surface area (Å²) in [6.07, 6.45) is -4.34. The van der Waals surface area contributed by atoms with E-state index in [4.69, 9.17) is 8.85 Å². The van der Waals surface area contributed by atoms with Gasteiger partial charge in [-0.25, -0.2) is 0 Å². The summed E-state index contributed by atoms with van der Waals surface area (Å²) in [6.45, 7) is 1.91. The Hall–Kier alpha value is -1.63. The van der Waals surface area contributed by atoms with E-state index in [-0.39, 0.29) is 0 Å². The molecule has 2 rings (SSSR count). The van der Waals surface area contributed by atoms with Crippen LogP contribution in [-0.4, -0.2) is 22.8 Å². The minimum atomic E-state index is -4.34. The molecule has 0 unspecified atom stereocenters. The van der Waals surface area contributed by atoms with Crippen LogP contribution in [0.1, 0.15) is 5.56 Å². The molecular weight excluding hydrogens is 309 g/mol. The maximum atomic E-state index is 12.8. The molecular formula is C16H17F3O2Si. The molecule has 0 saturated carbocycles. The third-order valence-electron chi connectivity index (χ3n) is 3.71. The van der Waals surface area contributed by atoms with E-state index in [1.807, 2.05) is 18.7 Å². The van der Waals surface area contributed by atoms with Crippen LogP contribution in [0.25, 0.3) is 11.1 Å². The van der Waals surface area contributed by atoms with Gasteiger partial charge >= 0.3 is 14.7 Å². The van der Waals surface area contributed by atoms with E-state index in [1.54, 1.807) is 32.4 Å². The van der Waals surface area contributed by atoms with Crippen LogP contribution in [0, 0.1) is 0 Å². The molecule has 0 fully saturated rings. The van der Waals surface area contributed by atoms with Crippen molar-refractivity contribution in [3.8, 4) is 11.1 Å². The molecule has 0 atom stereocenters. The van der Waals surface area contributed by atoms with Crippen molar-refractivity contribution in [1.29, 1.82) is 0 Å². The van der Waals surface area contributed by atoms with Gasteiger partial charge in [-0.1, -0.05) is 36.4 Å². The van der Waals surface area contributed by atoms with Crippen molar-refractivity contribution in [2.75, 3.05) is 14.2 Å². The molecule has 2 aromatic rings. The van der Waals surface area contributed by atoms with E-state index >= 15 is 0 Å². The molecule has 0 aliphatic heterocycles. The van der Waals surface area contributed by atoms with Crippen molar-refractivity contribution in [2.45, 2.75) is 12.7 Å². The third kappa shape index (κ3) is 3.40. The maximum Gasteiger partial charge on any atom is 0.416 e. The number of hydrogen-bond acceptors (Lipinski definition) is 2. The molecule has 0 aliphatic carbocycles. The summed E-state index contributed by atoms with van der Waals surface area (Å²) in [4.78, 5) is 0. The van der Waals surface area contributed by atoms with Gasteiger partial charge < -0.3 is 8.85 Å². The zero-order valence-corrected chi connectivity index (χ0v) is 13.6. The molecule has 22 heavy (non-hydrogen) atoms. The maximum absolute atomic E-state index is 12.8. The Morgan fingerprint density at radius 2 is 1.45 bits per heavy atom. The minimum absolute atomic E-state index is 0.527. The van der Waals surface area contributed by atoms with E-state index < -0.39 is 20.3 Å². The molecule has 0 amide bonds. The molecule has 0 heterocycles. The summed E-state index contributed by atoms with van der Waals surface area (Å²) < 4.78 is 49.2. The van der Waals surface area contributed by atoms with Crippen LogP contribution in [0.15, 0.2) is 48.5 Å². The molecule has 0 saturated heterocycles. The molecule has 0 aromatic heterocycles. The summed E-state index contributed by atoms with van der Waals surface area (Å²) in [6, 6.07) is 12.5. The van der Waals surface area contributed by atoms with E-state index in [0.717, 1.165) is 22.9 Å². The zero-order valence-electron chi connectivity index (χ0n) is 12.6. The Balaban J connectivity index is 2.36. The first kappa shape index (κ1) is 16.7. The highest BCUT2D eigenvalue weighted by molar-refractivity contribution is 6.79. The van der Waals surface area contributed by atoms with Crippen molar-refractivity contribution >= 4 is 13.7 Å². The van der Waals surface area contributed by atoms with Gasteiger partial charge in [0.2, 0.25) is 0 Å². The van der Waals surface area contributed by atoms with E-state index in [1.165, 1.54) is 6.07 Å². The summed E-state index contributed by atoms with van der Waals surface area (Å²) in [5, 5.41) is 0.924. The van der Waals surface area contributed by atoms with E-state index in [0.29, 0.717) is 5.56 Å². The van der Waals surface area contributed by atoms with Gasteiger partial charge in [-0.15, -0.1) is 0 Å². The lowest BCUT2D eigenvalue weighted by Crippen LogP contribution is -2.49. The smallest absolute Gasteiger partial charge is 0.394 e. The summed E-state index contributed by atoms with van der Waals surface area (Å²) in [5.41, 5.74) is 0.597. The number of halogens is 3. The Bertz CT molecular complexity index is 635. The van der Waals surface area contributed by atoms with Crippen LogP contribution in [0.2, 0.25) is 6.55 Å². The molecule has 2 aromatic carbocycles. The monoisotopic (exact) mass is 326 g/mol. The van der Waals surface area contributed by atoms with E-state index in [2.05, 4.69) is 0 Å². The molecule has 118 valence electrons. The summed E-state index contributed by atoms with van der Waals surface area (Å²) >= 11 is 0. The van der Waals surface area contributed by atoms with E-state index in [9.17, 15) is 13.2 Å². The van der Waals surface area contributed by atoms with Crippen molar-refractivity contribution in [2.24, 2.45) is 0 Å². The Morgan fingerprint density at radius 1 is 0.864 bits per heavy atom. The van der Waals surface area contributed by atoms with Gasteiger partial charge in [0.25, 0.3) is 0 Å². The molecule has 2 nitrogen and oxygen atoms in total. The summed E-state index contributed by atoms with van der Waals surface area (Å²) in [7, 11) is 0.769. The average Bonchev–Trinajstić information content (AvgIpc) is 2.53. The van der Waals surface area contributed by atoms with Gasteiger partial charge in [-0.2, -0.15) is 13.2 Å². The topological polar surface area (TPSA) is 18.5 Å². The Morgan fingerprint density at radius 3 is 1.95 bits per heavy atom. The van der Waals surface area contributed by atoms with Crippen molar-refractivity contribution in [1.82, 2.24) is 0 Å². The van der Waals surface area contributed by atoms with Crippen LogP contribution in [-0.2, 0) is 15.0 Å². The predicted molar refractivity (Wildman–Crippen MR) is 82.2 cm³/mol. The Kier molecular flexibility index (Phi) is 4.74. The fourth-order valence-electron chi connectivity index (χ4n) is 2.16. The second-order valence-corrected chi connectivity index (χ2v) is 8.30. The molecule has 6 heteroatoms. The van der Waals surface area contributed by atoms with Crippen molar-refractivity contribution in [3.05, 3.63) is 54.1 Å². The van der Waals surface area contributed by atoms with Gasteiger partial charge in [0.15, 0.2) is 0 Å². The predicted octanol–water partition coefficient (Wildman–Crippen LogP) is 3.94. The fraction of sp³-hybridized carbons (Fsp3) is 0.250. The van der Waals surface area contributed by atoms with Crippen LogP contribution in [0.4, 0.5) is 13.2 Å². The first-order chi connectivity index (χ1) is 10.3. The van der Waals surface area contributed by atoms with Gasteiger partial charge in [-0.05, 0) is 35.0 Å². The zero-order chi connectivity index (χ0) is 16.4. The second kappa shape index (κ2) is 6.24. The van der Waals surface area contributed by atoms with Gasteiger partial charge in [0.1, 0.15) is 0 Å². The third-order valence-corrected chi connectivity index (χ3v) is 6.65. The highest BCUT2D eigenvalue weighted by Gasteiger charge is 2.32. The van der Waals surface area contributed by atoms with Gasteiger partial charge in [-0.3, -0.25) is 0 Å². The van der Waals surface area contributed by atoms with Crippen molar-refractivity contribution in [3.63, 3.8) is 0 Å². The standard InChI is InChI=1S/C16H17F3O2Si/c1-20-22(3,21-2)15-9-7-12(8-10-15)13-5-4-6-14(11-13)16(17,18)19/h4-11H,1-3H3. The van der Waals surface area contributed by atoms with Crippen LogP contribution in [0.5, 0.6) is 0 Å². The molecule has 0 radical (unpaired) electrons. The molecule has 0 bridgehead atoms. The molecule has 0 aliphatic rings. The van der Waals surface area contributed by atoms with Gasteiger partial charge in [0.05, 0.1) is 5.56 Å². The lowest BCUT2D eigenvalue weighted by molar-refractivity contribution is -0.137. The average molecular weight is 326 g/mol. The Labute approximate surface area is 128 Å². The first-order valence-electron chi connectivity index (χ1n) is 6.68. The quantitative estimate of drug-likeness (QED) is 0.792. The second-order valence-electron chi connectivity index (χ2n) is 5.01. The first-order valence-corrected chi connectivity index (χ1v) is 9.00. The molecule has 0 N–H and O–H groups in total. The lowest BCUT2D eigenvalue weighted by atomic mass is 10.0. The molecule has 0 spiro atoms. The number of hydrogen-bond donors (Lipinski definition) is 0.